The van der Waals surface area contributed by atoms with Crippen molar-refractivity contribution in [3.05, 3.63) is 29.8 Å². The number of esters is 1. The smallest absolute Gasteiger partial charge is 0.338 e. The van der Waals surface area contributed by atoms with Gasteiger partial charge in [-0.25, -0.2) is 4.79 Å². The average molecular weight is 341 g/mol. The third-order valence-corrected chi connectivity index (χ3v) is 6.00. The van der Waals surface area contributed by atoms with Gasteiger partial charge < -0.3 is 4.74 Å². The van der Waals surface area contributed by atoms with Crippen LogP contribution >= 0.6 is 0 Å². The van der Waals surface area contributed by atoms with Crippen LogP contribution < -0.4 is 4.90 Å². The Morgan fingerprint density at radius 3 is 2.48 bits per heavy atom. The maximum absolute atomic E-state index is 12.9. The Kier molecular flexibility index (Phi) is 4.10. The van der Waals surface area contributed by atoms with Crippen LogP contribution in [0.4, 0.5) is 5.69 Å². The Bertz CT molecular complexity index is 700. The minimum absolute atomic E-state index is 0.0845. The van der Waals surface area contributed by atoms with E-state index in [1.165, 1.54) is 4.90 Å². The minimum atomic E-state index is -0.408. The fraction of sp³-hybridized carbons (Fsp3) is 0.550. The summed E-state index contributed by atoms with van der Waals surface area (Å²) in [6.07, 6.45) is 4.91. The number of unbranched alkanes of at least 4 members (excludes halogenated alkanes) is 1. The molecule has 2 bridgehead atoms. The van der Waals surface area contributed by atoms with Gasteiger partial charge in [0.05, 0.1) is 29.7 Å². The van der Waals surface area contributed by atoms with Crippen LogP contribution in [-0.4, -0.2) is 24.4 Å². The van der Waals surface area contributed by atoms with Crippen molar-refractivity contribution >= 4 is 23.5 Å². The van der Waals surface area contributed by atoms with Crippen molar-refractivity contribution in [2.45, 2.75) is 39.0 Å². The van der Waals surface area contributed by atoms with Crippen molar-refractivity contribution in [2.24, 2.45) is 23.7 Å². The number of carbonyl (C=O) groups excluding carboxylic acids is 3. The first kappa shape index (κ1) is 16.3. The van der Waals surface area contributed by atoms with Crippen molar-refractivity contribution in [3.63, 3.8) is 0 Å². The van der Waals surface area contributed by atoms with Gasteiger partial charge in [-0.15, -0.1) is 0 Å². The Hall–Kier alpha value is -2.17. The van der Waals surface area contributed by atoms with Crippen LogP contribution in [0.1, 0.15) is 49.4 Å². The number of carbonyl (C=O) groups is 3. The molecule has 1 aliphatic heterocycles. The molecule has 2 aliphatic carbocycles. The Balaban J connectivity index is 1.56. The summed E-state index contributed by atoms with van der Waals surface area (Å²) >= 11 is 0. The zero-order valence-corrected chi connectivity index (χ0v) is 14.4. The minimum Gasteiger partial charge on any atom is -0.462 e. The highest BCUT2D eigenvalue weighted by Gasteiger charge is 2.61. The molecule has 3 aliphatic rings. The van der Waals surface area contributed by atoms with E-state index in [1.54, 1.807) is 24.3 Å². The third kappa shape index (κ3) is 2.57. The van der Waals surface area contributed by atoms with Gasteiger partial charge in [0.25, 0.3) is 0 Å². The van der Waals surface area contributed by atoms with Crippen molar-refractivity contribution in [2.75, 3.05) is 11.5 Å². The molecule has 4 rings (SSSR count). The molecular weight excluding hydrogens is 318 g/mol. The predicted octanol–water partition coefficient (Wildman–Crippen LogP) is 3.18. The van der Waals surface area contributed by atoms with E-state index in [-0.39, 0.29) is 23.7 Å². The summed E-state index contributed by atoms with van der Waals surface area (Å²) in [5.41, 5.74) is 0.878. The summed E-state index contributed by atoms with van der Waals surface area (Å²) in [4.78, 5) is 39.2. The van der Waals surface area contributed by atoms with Gasteiger partial charge in [-0.1, -0.05) is 19.4 Å². The number of fused-ring (bicyclic) bond motifs is 5. The van der Waals surface area contributed by atoms with Crippen LogP contribution in [0, 0.1) is 23.7 Å². The fourth-order valence-corrected chi connectivity index (χ4v) is 4.83. The lowest BCUT2D eigenvalue weighted by Crippen LogP contribution is -2.32. The van der Waals surface area contributed by atoms with Crippen molar-refractivity contribution in [1.29, 1.82) is 0 Å². The summed E-state index contributed by atoms with van der Waals surface area (Å²) in [6.45, 7) is 2.41. The van der Waals surface area contributed by atoms with Gasteiger partial charge in [-0.05, 0) is 55.7 Å². The van der Waals surface area contributed by atoms with Crippen molar-refractivity contribution in [1.82, 2.24) is 0 Å². The molecule has 132 valence electrons. The molecule has 1 aromatic carbocycles. The molecule has 5 heteroatoms. The number of amides is 2. The van der Waals surface area contributed by atoms with E-state index in [1.807, 2.05) is 6.92 Å². The lowest BCUT2D eigenvalue weighted by Gasteiger charge is -2.19. The summed E-state index contributed by atoms with van der Waals surface area (Å²) < 4.78 is 5.23. The molecule has 4 atom stereocenters. The number of rotatable bonds is 5. The first-order valence-corrected chi connectivity index (χ1v) is 9.26. The molecule has 0 N–H and O–H groups in total. The molecule has 1 aromatic rings. The molecule has 1 saturated heterocycles. The normalized spacial score (nSPS) is 30.0. The van der Waals surface area contributed by atoms with E-state index in [0.29, 0.717) is 29.7 Å². The Morgan fingerprint density at radius 1 is 1.16 bits per heavy atom. The maximum Gasteiger partial charge on any atom is 0.338 e. The molecule has 0 aromatic heterocycles. The molecule has 1 heterocycles. The fourth-order valence-electron chi connectivity index (χ4n) is 4.83. The Labute approximate surface area is 147 Å². The second-order valence-corrected chi connectivity index (χ2v) is 7.44. The van der Waals surface area contributed by atoms with Crippen molar-refractivity contribution in [3.8, 4) is 0 Å². The van der Waals surface area contributed by atoms with Crippen LogP contribution in [-0.2, 0) is 14.3 Å². The molecule has 25 heavy (non-hydrogen) atoms. The molecule has 3 fully saturated rings. The highest BCUT2D eigenvalue weighted by Crippen LogP contribution is 2.56. The number of anilines is 1. The quantitative estimate of drug-likeness (QED) is 0.469. The summed E-state index contributed by atoms with van der Waals surface area (Å²) in [5.74, 6) is -0.151. The van der Waals surface area contributed by atoms with Crippen molar-refractivity contribution < 1.29 is 19.1 Å². The summed E-state index contributed by atoms with van der Waals surface area (Å²) in [6, 6.07) is 6.69. The van der Waals surface area contributed by atoms with Crippen LogP contribution in [0.5, 0.6) is 0 Å². The van der Waals surface area contributed by atoms with E-state index >= 15 is 0 Å². The number of hydrogen-bond donors (Lipinski definition) is 0. The lowest BCUT2D eigenvalue weighted by molar-refractivity contribution is -0.123. The van der Waals surface area contributed by atoms with E-state index in [2.05, 4.69) is 0 Å². The molecule has 5 nitrogen and oxygen atoms in total. The zero-order chi connectivity index (χ0) is 17.6. The number of imide groups is 1. The third-order valence-electron chi connectivity index (χ3n) is 6.00. The summed E-state index contributed by atoms with van der Waals surface area (Å²) in [7, 11) is 0. The van der Waals surface area contributed by atoms with Gasteiger partial charge in [-0.2, -0.15) is 0 Å². The van der Waals surface area contributed by atoms with Gasteiger partial charge in [-0.3, -0.25) is 14.5 Å². The highest BCUT2D eigenvalue weighted by atomic mass is 16.5. The molecule has 2 saturated carbocycles. The first-order chi connectivity index (χ1) is 12.1. The second-order valence-electron chi connectivity index (χ2n) is 7.44. The van der Waals surface area contributed by atoms with E-state index in [0.717, 1.165) is 32.1 Å². The molecule has 0 unspecified atom stereocenters. The zero-order valence-electron chi connectivity index (χ0n) is 14.4. The van der Waals surface area contributed by atoms with E-state index in [4.69, 9.17) is 4.74 Å². The van der Waals surface area contributed by atoms with Gasteiger partial charge in [0.15, 0.2) is 0 Å². The standard InChI is InChI=1S/C20H23NO4/c1-2-3-9-25-20(24)14-5-4-6-15(11-14)21-18(22)16-12-7-8-13(10-12)17(16)19(21)23/h4-6,11-13,16-17H,2-3,7-10H2,1H3/t12-,13+,16-,17+. The number of benzene rings is 1. The average Bonchev–Trinajstić information content (AvgIpc) is 3.29. The SMILES string of the molecule is CCCCOC(=O)c1cccc(N2C(=O)[C@@H]3[C@@H]4CC[C@@H](C4)[C@@H]3C2=O)c1. The molecule has 2 amide bonds. The maximum atomic E-state index is 12.9. The van der Waals surface area contributed by atoms with E-state index in [9.17, 15) is 14.4 Å². The Morgan fingerprint density at radius 2 is 1.84 bits per heavy atom. The largest absolute Gasteiger partial charge is 0.462 e. The summed E-state index contributed by atoms with van der Waals surface area (Å²) in [5, 5.41) is 0. The molecule has 0 spiro atoms. The van der Waals surface area contributed by atoms with Gasteiger partial charge in [0.1, 0.15) is 0 Å². The van der Waals surface area contributed by atoms with Crippen LogP contribution in [0.3, 0.4) is 0 Å². The number of ether oxygens (including phenoxy) is 1. The van der Waals surface area contributed by atoms with Crippen LogP contribution in [0.15, 0.2) is 24.3 Å². The van der Waals surface area contributed by atoms with Gasteiger partial charge in [0, 0.05) is 0 Å². The van der Waals surface area contributed by atoms with E-state index < -0.39 is 5.97 Å². The number of hydrogen-bond acceptors (Lipinski definition) is 4. The monoisotopic (exact) mass is 341 g/mol. The highest BCUT2D eigenvalue weighted by molar-refractivity contribution is 6.22. The molecule has 0 radical (unpaired) electrons. The van der Waals surface area contributed by atoms with Crippen LogP contribution in [0.25, 0.3) is 0 Å². The molecular formula is C20H23NO4. The number of nitrogens with zero attached hydrogens (tertiary/aromatic N) is 1. The van der Waals surface area contributed by atoms with Gasteiger partial charge >= 0.3 is 5.97 Å². The second kappa shape index (κ2) is 6.28. The first-order valence-electron chi connectivity index (χ1n) is 9.26. The predicted molar refractivity (Wildman–Crippen MR) is 91.9 cm³/mol. The lowest BCUT2D eigenvalue weighted by atomic mass is 9.81. The van der Waals surface area contributed by atoms with Gasteiger partial charge in [0.2, 0.25) is 11.8 Å². The topological polar surface area (TPSA) is 63.7 Å². The van der Waals surface area contributed by atoms with Crippen LogP contribution in [0.2, 0.25) is 0 Å².